The van der Waals surface area contributed by atoms with E-state index >= 15 is 0 Å². The summed E-state index contributed by atoms with van der Waals surface area (Å²) in [6, 6.07) is 4.70. The molecule has 0 aliphatic carbocycles. The zero-order valence-electron chi connectivity index (χ0n) is 10.7. The van der Waals surface area contributed by atoms with Crippen molar-refractivity contribution < 1.29 is 0 Å². The Morgan fingerprint density at radius 3 is 2.82 bits per heavy atom. The summed E-state index contributed by atoms with van der Waals surface area (Å²) in [6.07, 6.45) is 14.4. The van der Waals surface area contributed by atoms with Gasteiger partial charge in [-0.2, -0.15) is 0 Å². The van der Waals surface area contributed by atoms with Crippen molar-refractivity contribution in [2.75, 3.05) is 6.54 Å². The third-order valence-electron chi connectivity index (χ3n) is 2.79. The van der Waals surface area contributed by atoms with Crippen molar-refractivity contribution in [1.82, 2.24) is 10.3 Å². The van der Waals surface area contributed by atoms with Crippen LogP contribution in [0.5, 0.6) is 0 Å². The van der Waals surface area contributed by atoms with Gasteiger partial charge in [-0.1, -0.05) is 6.92 Å². The van der Waals surface area contributed by atoms with Crippen LogP contribution in [0.15, 0.2) is 24.5 Å². The van der Waals surface area contributed by atoms with E-state index in [1.165, 1.54) is 12.0 Å². The summed E-state index contributed by atoms with van der Waals surface area (Å²) >= 11 is 0. The van der Waals surface area contributed by atoms with Crippen molar-refractivity contribution in [2.24, 2.45) is 0 Å². The Morgan fingerprint density at radius 1 is 1.41 bits per heavy atom. The zero-order chi connectivity index (χ0) is 12.3. The quantitative estimate of drug-likeness (QED) is 0.548. The number of hydrogen-bond donors (Lipinski definition) is 1. The maximum atomic E-state index is 5.29. The van der Waals surface area contributed by atoms with E-state index in [-0.39, 0.29) is 0 Å². The fourth-order valence-corrected chi connectivity index (χ4v) is 1.88. The maximum absolute atomic E-state index is 5.29. The summed E-state index contributed by atoms with van der Waals surface area (Å²) in [6.45, 7) is 3.27. The summed E-state index contributed by atoms with van der Waals surface area (Å²) in [5.41, 5.74) is 1.34. The molecule has 0 aromatic carbocycles. The van der Waals surface area contributed by atoms with Gasteiger partial charge in [0.2, 0.25) is 0 Å². The molecule has 92 valence electrons. The predicted molar refractivity (Wildman–Crippen MR) is 72.7 cm³/mol. The standard InChI is InChI=1S/C15H22N2/c1-3-5-6-7-15(17-10-4-2)13-14-8-11-16-12-9-14/h1,8-9,11-12,15,17H,4-7,10,13H2,2H3. The van der Waals surface area contributed by atoms with Gasteiger partial charge in [-0.05, 0) is 49.9 Å². The fraction of sp³-hybridized carbons (Fsp3) is 0.533. The highest BCUT2D eigenvalue weighted by Gasteiger charge is 2.07. The molecule has 1 heterocycles. The van der Waals surface area contributed by atoms with E-state index in [9.17, 15) is 0 Å². The molecular weight excluding hydrogens is 208 g/mol. The second-order valence-electron chi connectivity index (χ2n) is 4.31. The van der Waals surface area contributed by atoms with Gasteiger partial charge >= 0.3 is 0 Å². The van der Waals surface area contributed by atoms with Crippen molar-refractivity contribution >= 4 is 0 Å². The smallest absolute Gasteiger partial charge is 0.0270 e. The molecule has 0 spiro atoms. The normalized spacial score (nSPS) is 12.0. The second-order valence-corrected chi connectivity index (χ2v) is 4.31. The molecule has 0 fully saturated rings. The fourth-order valence-electron chi connectivity index (χ4n) is 1.88. The summed E-state index contributed by atoms with van der Waals surface area (Å²) < 4.78 is 0. The van der Waals surface area contributed by atoms with Crippen molar-refractivity contribution in [3.8, 4) is 12.3 Å². The van der Waals surface area contributed by atoms with Crippen LogP contribution in [0.1, 0.15) is 38.2 Å². The van der Waals surface area contributed by atoms with Crippen molar-refractivity contribution in [2.45, 2.75) is 45.1 Å². The molecular formula is C15H22N2. The second kappa shape index (κ2) is 8.78. The zero-order valence-corrected chi connectivity index (χ0v) is 10.7. The van der Waals surface area contributed by atoms with E-state index in [1.54, 1.807) is 0 Å². The Hall–Kier alpha value is -1.33. The molecule has 0 bridgehead atoms. The number of hydrogen-bond acceptors (Lipinski definition) is 2. The van der Waals surface area contributed by atoms with Crippen LogP contribution in [0.4, 0.5) is 0 Å². The minimum atomic E-state index is 0.533. The Kier molecular flexibility index (Phi) is 7.09. The van der Waals surface area contributed by atoms with Gasteiger partial charge in [0.25, 0.3) is 0 Å². The van der Waals surface area contributed by atoms with Crippen LogP contribution in [-0.4, -0.2) is 17.6 Å². The van der Waals surface area contributed by atoms with Crippen LogP contribution in [0.25, 0.3) is 0 Å². The van der Waals surface area contributed by atoms with Crippen LogP contribution in [0.2, 0.25) is 0 Å². The molecule has 0 radical (unpaired) electrons. The monoisotopic (exact) mass is 230 g/mol. The van der Waals surface area contributed by atoms with Gasteiger partial charge < -0.3 is 5.32 Å². The van der Waals surface area contributed by atoms with Gasteiger partial charge in [0.05, 0.1) is 0 Å². The lowest BCUT2D eigenvalue weighted by Gasteiger charge is -2.18. The van der Waals surface area contributed by atoms with Gasteiger partial charge in [-0.25, -0.2) is 0 Å². The molecule has 17 heavy (non-hydrogen) atoms. The predicted octanol–water partition coefficient (Wildman–Crippen LogP) is 2.80. The highest BCUT2D eigenvalue weighted by atomic mass is 14.9. The lowest BCUT2D eigenvalue weighted by Crippen LogP contribution is -2.31. The molecule has 1 aromatic rings. The highest BCUT2D eigenvalue weighted by molar-refractivity contribution is 5.11. The number of nitrogens with zero attached hydrogens (tertiary/aromatic N) is 1. The minimum absolute atomic E-state index is 0.533. The van der Waals surface area contributed by atoms with Crippen LogP contribution >= 0.6 is 0 Å². The van der Waals surface area contributed by atoms with E-state index in [1.807, 2.05) is 12.4 Å². The van der Waals surface area contributed by atoms with Crippen LogP contribution < -0.4 is 5.32 Å². The Labute approximate surface area is 105 Å². The summed E-state index contributed by atoms with van der Waals surface area (Å²) in [4.78, 5) is 4.04. The lowest BCUT2D eigenvalue weighted by atomic mass is 10.0. The molecule has 2 heteroatoms. The van der Waals surface area contributed by atoms with Gasteiger partial charge in [0.15, 0.2) is 0 Å². The molecule has 1 rings (SSSR count). The first-order valence-corrected chi connectivity index (χ1v) is 6.42. The van der Waals surface area contributed by atoms with E-state index in [2.05, 4.69) is 35.3 Å². The van der Waals surface area contributed by atoms with E-state index in [0.29, 0.717) is 6.04 Å². The van der Waals surface area contributed by atoms with E-state index in [0.717, 1.165) is 32.2 Å². The molecule has 1 unspecified atom stereocenters. The Bertz CT molecular complexity index is 327. The summed E-state index contributed by atoms with van der Waals surface area (Å²) in [7, 11) is 0. The number of pyridine rings is 1. The molecule has 0 amide bonds. The van der Waals surface area contributed by atoms with Gasteiger partial charge in [-0.15, -0.1) is 12.3 Å². The Balaban J connectivity index is 2.42. The van der Waals surface area contributed by atoms with E-state index < -0.39 is 0 Å². The minimum Gasteiger partial charge on any atom is -0.314 e. The first-order chi connectivity index (χ1) is 8.36. The average molecular weight is 230 g/mol. The topological polar surface area (TPSA) is 24.9 Å². The first kappa shape index (κ1) is 13.7. The van der Waals surface area contributed by atoms with Crippen LogP contribution in [-0.2, 0) is 6.42 Å². The Morgan fingerprint density at radius 2 is 2.18 bits per heavy atom. The lowest BCUT2D eigenvalue weighted by molar-refractivity contribution is 0.467. The molecule has 1 N–H and O–H groups in total. The number of terminal acetylenes is 1. The van der Waals surface area contributed by atoms with Gasteiger partial charge in [-0.3, -0.25) is 4.98 Å². The van der Waals surface area contributed by atoms with Crippen molar-refractivity contribution in [3.63, 3.8) is 0 Å². The highest BCUT2D eigenvalue weighted by Crippen LogP contribution is 2.08. The molecule has 0 saturated heterocycles. The molecule has 0 saturated carbocycles. The third-order valence-corrected chi connectivity index (χ3v) is 2.79. The number of aromatic nitrogens is 1. The number of rotatable bonds is 8. The SMILES string of the molecule is C#CCCCC(Cc1ccncc1)NCCC. The summed E-state index contributed by atoms with van der Waals surface area (Å²) in [5.74, 6) is 2.71. The molecule has 0 aliphatic rings. The van der Waals surface area contributed by atoms with E-state index in [4.69, 9.17) is 6.42 Å². The first-order valence-electron chi connectivity index (χ1n) is 6.42. The van der Waals surface area contributed by atoms with Crippen molar-refractivity contribution in [3.05, 3.63) is 30.1 Å². The molecule has 1 aromatic heterocycles. The molecule has 2 nitrogen and oxygen atoms in total. The van der Waals surface area contributed by atoms with Crippen molar-refractivity contribution in [1.29, 1.82) is 0 Å². The molecule has 1 atom stereocenters. The van der Waals surface area contributed by atoms with Gasteiger partial charge in [0, 0.05) is 24.9 Å². The van der Waals surface area contributed by atoms with Crippen LogP contribution in [0, 0.1) is 12.3 Å². The average Bonchev–Trinajstić information content (AvgIpc) is 2.37. The maximum Gasteiger partial charge on any atom is 0.0270 e. The number of nitrogens with one attached hydrogen (secondary N) is 1. The third kappa shape index (κ3) is 6.09. The molecule has 0 aliphatic heterocycles. The summed E-state index contributed by atoms with van der Waals surface area (Å²) in [5, 5.41) is 3.59. The van der Waals surface area contributed by atoms with Gasteiger partial charge in [0.1, 0.15) is 0 Å². The van der Waals surface area contributed by atoms with Crippen LogP contribution in [0.3, 0.4) is 0 Å². The largest absolute Gasteiger partial charge is 0.314 e. The number of unbranched alkanes of at least 4 members (excludes halogenated alkanes) is 1.